The van der Waals surface area contributed by atoms with E-state index in [0.717, 1.165) is 17.4 Å². The Morgan fingerprint density at radius 2 is 1.94 bits per heavy atom. The maximum atomic E-state index is 12.1. The van der Waals surface area contributed by atoms with Crippen molar-refractivity contribution in [1.29, 1.82) is 0 Å². The molecule has 1 aromatic heterocycles. The molecule has 2 aromatic rings. The van der Waals surface area contributed by atoms with E-state index in [9.17, 15) is 8.42 Å². The molecule has 0 saturated heterocycles. The van der Waals surface area contributed by atoms with Crippen LogP contribution >= 0.6 is 0 Å². The summed E-state index contributed by atoms with van der Waals surface area (Å²) in [4.78, 5) is 0.0587. The van der Waals surface area contributed by atoms with Crippen LogP contribution in [0.3, 0.4) is 0 Å². The fourth-order valence-electron chi connectivity index (χ4n) is 1.59. The third-order valence-corrected chi connectivity index (χ3v) is 4.09. The molecular formula is C12H14N2O3S. The molecule has 0 saturated carbocycles. The summed E-state index contributed by atoms with van der Waals surface area (Å²) in [6.07, 6.45) is 1.13. The number of nitrogens with one attached hydrogen (secondary N) is 1. The van der Waals surface area contributed by atoms with E-state index >= 15 is 0 Å². The largest absolute Gasteiger partial charge is 0.363 e. The predicted molar refractivity (Wildman–Crippen MR) is 68.0 cm³/mol. The lowest BCUT2D eigenvalue weighted by Gasteiger charge is -2.10. The normalized spacial score (nSPS) is 11.5. The Bertz CT molecular complexity index is 674. The minimum atomic E-state index is -3.65. The molecule has 18 heavy (non-hydrogen) atoms. The first-order valence-electron chi connectivity index (χ1n) is 5.41. The molecule has 6 heteroatoms. The number of aromatic nitrogens is 1. The van der Waals surface area contributed by atoms with Crippen molar-refractivity contribution in [2.75, 3.05) is 4.72 Å². The van der Waals surface area contributed by atoms with Gasteiger partial charge in [-0.2, -0.15) is 0 Å². The van der Waals surface area contributed by atoms with Crippen LogP contribution in [-0.2, 0) is 10.0 Å². The zero-order chi connectivity index (χ0) is 13.3. The highest BCUT2D eigenvalue weighted by molar-refractivity contribution is 7.92. The quantitative estimate of drug-likeness (QED) is 0.925. The number of aryl methyl sites for hydroxylation is 3. The minimum absolute atomic E-state index is 0.0587. The molecule has 5 nitrogen and oxygen atoms in total. The van der Waals surface area contributed by atoms with Gasteiger partial charge < -0.3 is 4.52 Å². The molecule has 1 N–H and O–H groups in total. The smallest absolute Gasteiger partial charge is 0.267 e. The van der Waals surface area contributed by atoms with Crippen LogP contribution in [0.15, 0.2) is 33.9 Å². The number of anilines is 1. The van der Waals surface area contributed by atoms with E-state index in [0.29, 0.717) is 11.4 Å². The molecule has 0 atom stereocenters. The topological polar surface area (TPSA) is 72.2 Å². The van der Waals surface area contributed by atoms with Crippen LogP contribution < -0.4 is 4.72 Å². The van der Waals surface area contributed by atoms with Crippen molar-refractivity contribution in [3.63, 3.8) is 0 Å². The molecule has 0 unspecified atom stereocenters. The van der Waals surface area contributed by atoms with E-state index in [1.54, 1.807) is 13.0 Å². The standard InChI is InChI=1S/C12H14N2O3S/c1-8-4-5-9(2)11(6-8)14-18(15,16)12-7-17-13-10(12)3/h4-7,14H,1-3H3. The van der Waals surface area contributed by atoms with Crippen LogP contribution in [0.5, 0.6) is 0 Å². The van der Waals surface area contributed by atoms with Gasteiger partial charge in [0.2, 0.25) is 0 Å². The van der Waals surface area contributed by atoms with E-state index in [-0.39, 0.29) is 4.90 Å². The van der Waals surface area contributed by atoms with Crippen LogP contribution in [0, 0.1) is 20.8 Å². The first kappa shape index (κ1) is 12.6. The van der Waals surface area contributed by atoms with Gasteiger partial charge in [0, 0.05) is 0 Å². The second-order valence-electron chi connectivity index (χ2n) is 4.19. The average molecular weight is 266 g/mol. The lowest BCUT2D eigenvalue weighted by Crippen LogP contribution is -2.14. The van der Waals surface area contributed by atoms with Gasteiger partial charge in [-0.1, -0.05) is 17.3 Å². The van der Waals surface area contributed by atoms with E-state index < -0.39 is 10.0 Å². The molecule has 1 aromatic carbocycles. The van der Waals surface area contributed by atoms with E-state index in [2.05, 4.69) is 14.4 Å². The van der Waals surface area contributed by atoms with Gasteiger partial charge in [0.15, 0.2) is 0 Å². The summed E-state index contributed by atoms with van der Waals surface area (Å²) in [5, 5.41) is 3.57. The van der Waals surface area contributed by atoms with Gasteiger partial charge in [0.25, 0.3) is 10.0 Å². The van der Waals surface area contributed by atoms with Crippen molar-refractivity contribution >= 4 is 15.7 Å². The molecule has 0 radical (unpaired) electrons. The van der Waals surface area contributed by atoms with Crippen LogP contribution in [0.2, 0.25) is 0 Å². The number of hydrogen-bond donors (Lipinski definition) is 1. The molecule has 96 valence electrons. The lowest BCUT2D eigenvalue weighted by atomic mass is 10.1. The third-order valence-electron chi connectivity index (χ3n) is 2.63. The summed E-state index contributed by atoms with van der Waals surface area (Å²) in [6.45, 7) is 5.33. The van der Waals surface area contributed by atoms with Gasteiger partial charge in [-0.25, -0.2) is 8.42 Å². The fraction of sp³-hybridized carbons (Fsp3) is 0.250. The summed E-state index contributed by atoms with van der Waals surface area (Å²) < 4.78 is 31.5. The van der Waals surface area contributed by atoms with Crippen molar-refractivity contribution in [3.8, 4) is 0 Å². The van der Waals surface area contributed by atoms with Crippen LogP contribution in [0.1, 0.15) is 16.8 Å². The molecule has 0 bridgehead atoms. The summed E-state index contributed by atoms with van der Waals surface area (Å²) in [5.41, 5.74) is 2.75. The third kappa shape index (κ3) is 2.38. The summed E-state index contributed by atoms with van der Waals surface area (Å²) >= 11 is 0. The molecule has 1 heterocycles. The number of benzene rings is 1. The Labute approximate surface area is 106 Å². The second kappa shape index (κ2) is 4.45. The molecule has 0 amide bonds. The Hall–Kier alpha value is -1.82. The zero-order valence-electron chi connectivity index (χ0n) is 10.4. The van der Waals surface area contributed by atoms with Crippen molar-refractivity contribution in [2.45, 2.75) is 25.7 Å². The van der Waals surface area contributed by atoms with Crippen molar-refractivity contribution in [2.24, 2.45) is 0 Å². The summed E-state index contributed by atoms with van der Waals surface area (Å²) in [5.74, 6) is 0. The average Bonchev–Trinajstić information content (AvgIpc) is 2.70. The number of nitrogens with zero attached hydrogens (tertiary/aromatic N) is 1. The SMILES string of the molecule is Cc1ccc(C)c(NS(=O)(=O)c2conc2C)c1. The molecular weight excluding hydrogens is 252 g/mol. The molecule has 0 aliphatic carbocycles. The maximum absolute atomic E-state index is 12.1. The molecule has 0 aliphatic heterocycles. The summed E-state index contributed by atoms with van der Waals surface area (Å²) in [6, 6.07) is 5.58. The van der Waals surface area contributed by atoms with Gasteiger partial charge in [-0.05, 0) is 38.0 Å². The number of sulfonamides is 1. The van der Waals surface area contributed by atoms with Gasteiger partial charge in [0.05, 0.1) is 5.69 Å². The van der Waals surface area contributed by atoms with E-state index in [4.69, 9.17) is 0 Å². The van der Waals surface area contributed by atoms with E-state index in [1.807, 2.05) is 26.0 Å². The van der Waals surface area contributed by atoms with Crippen LogP contribution in [0.4, 0.5) is 5.69 Å². The number of hydrogen-bond acceptors (Lipinski definition) is 4. The van der Waals surface area contributed by atoms with E-state index in [1.165, 1.54) is 0 Å². The first-order chi connectivity index (χ1) is 8.40. The number of rotatable bonds is 3. The van der Waals surface area contributed by atoms with Crippen LogP contribution in [-0.4, -0.2) is 13.6 Å². The highest BCUT2D eigenvalue weighted by Gasteiger charge is 2.20. The molecule has 0 spiro atoms. The first-order valence-corrected chi connectivity index (χ1v) is 6.89. The van der Waals surface area contributed by atoms with Gasteiger partial charge in [-0.15, -0.1) is 0 Å². The van der Waals surface area contributed by atoms with Gasteiger partial charge in [-0.3, -0.25) is 4.72 Å². The second-order valence-corrected chi connectivity index (χ2v) is 5.84. The molecule has 0 aliphatic rings. The van der Waals surface area contributed by atoms with Gasteiger partial charge in [0.1, 0.15) is 16.9 Å². The van der Waals surface area contributed by atoms with Crippen molar-refractivity contribution in [1.82, 2.24) is 5.16 Å². The summed E-state index contributed by atoms with van der Waals surface area (Å²) in [7, 11) is -3.65. The fourth-order valence-corrected chi connectivity index (χ4v) is 2.80. The monoisotopic (exact) mass is 266 g/mol. The highest BCUT2D eigenvalue weighted by Crippen LogP contribution is 2.22. The highest BCUT2D eigenvalue weighted by atomic mass is 32.2. The lowest BCUT2D eigenvalue weighted by molar-refractivity contribution is 0.413. The van der Waals surface area contributed by atoms with Crippen molar-refractivity contribution < 1.29 is 12.9 Å². The zero-order valence-corrected chi connectivity index (χ0v) is 11.2. The Balaban J connectivity index is 2.40. The molecule has 0 fully saturated rings. The molecule has 2 rings (SSSR count). The Morgan fingerprint density at radius 1 is 1.22 bits per heavy atom. The maximum Gasteiger partial charge on any atom is 0.267 e. The van der Waals surface area contributed by atoms with Crippen molar-refractivity contribution in [3.05, 3.63) is 41.3 Å². The van der Waals surface area contributed by atoms with Gasteiger partial charge >= 0.3 is 0 Å². The van der Waals surface area contributed by atoms with Crippen LogP contribution in [0.25, 0.3) is 0 Å². The predicted octanol–water partition coefficient (Wildman–Crippen LogP) is 2.40. The minimum Gasteiger partial charge on any atom is -0.363 e. The Morgan fingerprint density at radius 3 is 2.56 bits per heavy atom. The Kier molecular flexibility index (Phi) is 3.13.